The first kappa shape index (κ1) is 26.4. The number of nitrogens with one attached hydrogen (secondary N) is 2. The van der Waals surface area contributed by atoms with Gasteiger partial charge in [0.2, 0.25) is 11.8 Å². The Hall–Kier alpha value is -1.16. The van der Waals surface area contributed by atoms with Crippen molar-refractivity contribution in [1.82, 2.24) is 10.6 Å². The highest BCUT2D eigenvalue weighted by Gasteiger charge is 2.71. The molecule has 2 N–H and O–H groups in total. The number of fused-ring (bicyclic) bond motifs is 7. The average Bonchev–Trinajstić information content (AvgIpc) is 3.13. The number of amides is 2. The monoisotopic (exact) mass is 496 g/mol. The topological polar surface area (TPSA) is 58.2 Å². The number of hydrogen-bond acceptors (Lipinski definition) is 3. The average molecular weight is 497 g/mol. The standard InChI is InChI=1S/C32H52N2O2/c1-20(2)22-12-16-32(27(36)34-21(3)35)18-17-30(7)23(26(22)32)10-11-25-29(6)14-9-19-33-28(4,5)24(29)13-15-31(25,30)8/h22-26,33H,1,9-19H2,2-8H3,(H,34,35,36)/t22-,23+,24-,25+,26+,29-,30+,31+,32-/m0/s1. The molecule has 202 valence electrons. The van der Waals surface area contributed by atoms with Crippen LogP contribution in [0.25, 0.3) is 0 Å². The van der Waals surface area contributed by atoms with Gasteiger partial charge in [0.05, 0.1) is 5.41 Å². The second-order valence-electron chi connectivity index (χ2n) is 15.1. The van der Waals surface area contributed by atoms with Gasteiger partial charge in [-0.2, -0.15) is 0 Å². The summed E-state index contributed by atoms with van der Waals surface area (Å²) < 4.78 is 0. The molecular weight excluding hydrogens is 444 g/mol. The highest BCUT2D eigenvalue weighted by atomic mass is 16.2. The van der Waals surface area contributed by atoms with E-state index in [2.05, 4.69) is 58.8 Å². The van der Waals surface area contributed by atoms with Crippen LogP contribution in [0.4, 0.5) is 0 Å². The summed E-state index contributed by atoms with van der Waals surface area (Å²) >= 11 is 0. The lowest BCUT2D eigenvalue weighted by Gasteiger charge is -2.71. The minimum atomic E-state index is -0.405. The fraction of sp³-hybridized carbons (Fsp3) is 0.875. The quantitative estimate of drug-likeness (QED) is 0.421. The Morgan fingerprint density at radius 1 is 0.833 bits per heavy atom. The molecule has 9 atom stereocenters. The fourth-order valence-electron chi connectivity index (χ4n) is 11.7. The molecule has 0 aromatic heterocycles. The fourth-order valence-corrected chi connectivity index (χ4v) is 11.7. The van der Waals surface area contributed by atoms with E-state index in [0.717, 1.165) is 38.1 Å². The van der Waals surface area contributed by atoms with Gasteiger partial charge >= 0.3 is 0 Å². The van der Waals surface area contributed by atoms with Crippen molar-refractivity contribution in [3.63, 3.8) is 0 Å². The largest absolute Gasteiger partial charge is 0.311 e. The minimum absolute atomic E-state index is 0.00494. The van der Waals surface area contributed by atoms with Crippen LogP contribution in [0, 0.1) is 51.2 Å². The maximum absolute atomic E-state index is 13.7. The zero-order valence-corrected chi connectivity index (χ0v) is 24.2. The van der Waals surface area contributed by atoms with E-state index in [1.54, 1.807) is 0 Å². The van der Waals surface area contributed by atoms with Crippen molar-refractivity contribution in [3.8, 4) is 0 Å². The van der Waals surface area contributed by atoms with Gasteiger partial charge in [-0.1, -0.05) is 32.9 Å². The molecule has 0 unspecified atom stereocenters. The van der Waals surface area contributed by atoms with E-state index in [0.29, 0.717) is 29.1 Å². The Kier molecular flexibility index (Phi) is 6.18. The lowest BCUT2D eigenvalue weighted by molar-refractivity contribution is -0.223. The molecule has 5 rings (SSSR count). The number of carbonyl (C=O) groups excluding carboxylic acids is 2. The zero-order valence-electron chi connectivity index (χ0n) is 24.2. The van der Waals surface area contributed by atoms with Gasteiger partial charge in [0, 0.05) is 12.5 Å². The summed E-state index contributed by atoms with van der Waals surface area (Å²) in [4.78, 5) is 25.7. The van der Waals surface area contributed by atoms with Crippen molar-refractivity contribution >= 4 is 11.8 Å². The first-order valence-electron chi connectivity index (χ1n) is 15.0. The minimum Gasteiger partial charge on any atom is -0.311 e. The molecule has 5 fully saturated rings. The van der Waals surface area contributed by atoms with E-state index >= 15 is 0 Å². The van der Waals surface area contributed by atoms with Crippen LogP contribution in [-0.2, 0) is 9.59 Å². The van der Waals surface area contributed by atoms with E-state index in [1.165, 1.54) is 51.0 Å². The Morgan fingerprint density at radius 2 is 1.56 bits per heavy atom. The molecule has 4 nitrogen and oxygen atoms in total. The van der Waals surface area contributed by atoms with Gasteiger partial charge in [-0.05, 0) is 137 Å². The summed E-state index contributed by atoms with van der Waals surface area (Å²) in [5.41, 5.74) is 1.88. The number of imide groups is 1. The molecule has 0 aromatic rings. The van der Waals surface area contributed by atoms with Crippen LogP contribution in [0.5, 0.6) is 0 Å². The van der Waals surface area contributed by atoms with Crippen LogP contribution in [0.3, 0.4) is 0 Å². The first-order valence-corrected chi connectivity index (χ1v) is 15.0. The Bertz CT molecular complexity index is 956. The molecule has 0 spiro atoms. The molecule has 1 heterocycles. The van der Waals surface area contributed by atoms with Crippen LogP contribution in [0.15, 0.2) is 12.2 Å². The highest BCUT2D eigenvalue weighted by molar-refractivity contribution is 5.97. The van der Waals surface area contributed by atoms with Gasteiger partial charge in [-0.3, -0.25) is 14.9 Å². The van der Waals surface area contributed by atoms with Crippen molar-refractivity contribution in [1.29, 1.82) is 0 Å². The van der Waals surface area contributed by atoms with Crippen LogP contribution in [0.1, 0.15) is 113 Å². The van der Waals surface area contributed by atoms with Gasteiger partial charge in [-0.15, -0.1) is 0 Å². The molecule has 2 amide bonds. The highest BCUT2D eigenvalue weighted by Crippen LogP contribution is 2.76. The Labute approximate surface area is 220 Å². The van der Waals surface area contributed by atoms with Gasteiger partial charge in [-0.25, -0.2) is 0 Å². The zero-order chi connectivity index (χ0) is 26.3. The van der Waals surface area contributed by atoms with Crippen molar-refractivity contribution in [2.24, 2.45) is 51.2 Å². The molecule has 0 radical (unpaired) electrons. The molecular formula is C32H52N2O2. The van der Waals surface area contributed by atoms with Crippen LogP contribution < -0.4 is 10.6 Å². The molecule has 4 aliphatic carbocycles. The molecule has 36 heavy (non-hydrogen) atoms. The molecule has 4 heteroatoms. The van der Waals surface area contributed by atoms with Crippen molar-refractivity contribution < 1.29 is 9.59 Å². The smallest absolute Gasteiger partial charge is 0.233 e. The summed E-state index contributed by atoms with van der Waals surface area (Å²) in [6.45, 7) is 22.1. The number of hydrogen-bond donors (Lipinski definition) is 2. The van der Waals surface area contributed by atoms with E-state index < -0.39 is 5.41 Å². The summed E-state index contributed by atoms with van der Waals surface area (Å²) in [5, 5.41) is 6.67. The number of carbonyl (C=O) groups is 2. The number of allylic oxidation sites excluding steroid dienone is 1. The Morgan fingerprint density at radius 3 is 2.22 bits per heavy atom. The van der Waals surface area contributed by atoms with Crippen molar-refractivity contribution in [2.75, 3.05) is 6.54 Å². The van der Waals surface area contributed by atoms with E-state index in [-0.39, 0.29) is 28.2 Å². The predicted octanol–water partition coefficient (Wildman–Crippen LogP) is 6.65. The van der Waals surface area contributed by atoms with Crippen molar-refractivity contribution in [2.45, 2.75) is 118 Å². The summed E-state index contributed by atoms with van der Waals surface area (Å²) in [7, 11) is 0. The molecule has 0 bridgehead atoms. The maximum Gasteiger partial charge on any atom is 0.233 e. The van der Waals surface area contributed by atoms with Gasteiger partial charge < -0.3 is 5.32 Å². The number of rotatable bonds is 2. The normalized spacial score (nSPS) is 49.5. The lowest BCUT2D eigenvalue weighted by Crippen LogP contribution is -2.67. The second kappa shape index (κ2) is 8.42. The molecule has 5 aliphatic rings. The van der Waals surface area contributed by atoms with Crippen LogP contribution in [-0.4, -0.2) is 23.9 Å². The van der Waals surface area contributed by atoms with Crippen molar-refractivity contribution in [3.05, 3.63) is 12.2 Å². The van der Waals surface area contributed by atoms with E-state index in [1.807, 2.05) is 0 Å². The summed E-state index contributed by atoms with van der Waals surface area (Å²) in [5.74, 6) is 2.45. The van der Waals surface area contributed by atoms with E-state index in [4.69, 9.17) is 0 Å². The predicted molar refractivity (Wildman–Crippen MR) is 146 cm³/mol. The molecule has 1 saturated heterocycles. The SMILES string of the molecule is C=C(C)[C@@H]1CC[C@]2(C(=O)NC(C)=O)CC[C@]3(C)[C@H](CC[C@@H]4[C@@]5(C)CCCNC(C)(C)[C@@H]5CC[C@]43C)[C@@H]12. The van der Waals surface area contributed by atoms with Crippen LogP contribution >= 0.6 is 0 Å². The van der Waals surface area contributed by atoms with Gasteiger partial charge in [0.25, 0.3) is 0 Å². The first-order chi connectivity index (χ1) is 16.7. The third-order valence-electron chi connectivity index (χ3n) is 13.4. The third-order valence-corrected chi connectivity index (χ3v) is 13.4. The van der Waals surface area contributed by atoms with Gasteiger partial charge in [0.15, 0.2) is 0 Å². The van der Waals surface area contributed by atoms with Gasteiger partial charge in [0.1, 0.15) is 0 Å². The summed E-state index contributed by atoms with van der Waals surface area (Å²) in [6.07, 6.45) is 11.7. The van der Waals surface area contributed by atoms with Crippen LogP contribution in [0.2, 0.25) is 0 Å². The Balaban J connectivity index is 1.56. The molecule has 1 aliphatic heterocycles. The maximum atomic E-state index is 13.7. The molecule has 4 saturated carbocycles. The van der Waals surface area contributed by atoms with E-state index in [9.17, 15) is 9.59 Å². The second-order valence-corrected chi connectivity index (χ2v) is 15.1. The summed E-state index contributed by atoms with van der Waals surface area (Å²) in [6, 6.07) is 0. The lowest BCUT2D eigenvalue weighted by atomic mass is 9.33. The molecule has 0 aromatic carbocycles. The third kappa shape index (κ3) is 3.41.